The van der Waals surface area contributed by atoms with Gasteiger partial charge in [0, 0.05) is 6.42 Å². The first kappa shape index (κ1) is 9.50. The van der Waals surface area contributed by atoms with Crippen LogP contribution in [0, 0.1) is 5.92 Å². The second-order valence-electron chi connectivity index (χ2n) is 3.67. The zero-order chi connectivity index (χ0) is 8.81. The van der Waals surface area contributed by atoms with Crippen LogP contribution in [0.15, 0.2) is 12.2 Å². The second kappa shape index (κ2) is 5.13. The highest BCUT2D eigenvalue weighted by molar-refractivity contribution is 5.90. The second-order valence-corrected chi connectivity index (χ2v) is 3.67. The summed E-state index contributed by atoms with van der Waals surface area (Å²) >= 11 is 0. The highest BCUT2D eigenvalue weighted by Gasteiger charge is 2.14. The molecule has 0 aromatic carbocycles. The molecule has 1 aliphatic rings. The van der Waals surface area contributed by atoms with Crippen LogP contribution in [0.5, 0.6) is 0 Å². The molecule has 0 radical (unpaired) electrons. The van der Waals surface area contributed by atoms with Gasteiger partial charge in [-0.05, 0) is 24.8 Å². The quantitative estimate of drug-likeness (QED) is 0.586. The topological polar surface area (TPSA) is 17.1 Å². The summed E-state index contributed by atoms with van der Waals surface area (Å²) in [5.41, 5.74) is 0. The molecule has 0 saturated heterocycles. The molecule has 0 amide bonds. The molecule has 0 spiro atoms. The number of carbonyl (C=O) groups excluding carboxylic acids is 1. The van der Waals surface area contributed by atoms with Crippen molar-refractivity contribution in [3.63, 3.8) is 0 Å². The van der Waals surface area contributed by atoms with Crippen molar-refractivity contribution in [1.82, 2.24) is 0 Å². The van der Waals surface area contributed by atoms with Crippen LogP contribution in [0.25, 0.3) is 0 Å². The fourth-order valence-electron chi connectivity index (χ4n) is 1.73. The van der Waals surface area contributed by atoms with Crippen molar-refractivity contribution in [2.24, 2.45) is 5.92 Å². The van der Waals surface area contributed by atoms with Gasteiger partial charge in [-0.2, -0.15) is 0 Å². The minimum absolute atomic E-state index is 0.322. The van der Waals surface area contributed by atoms with Gasteiger partial charge in [-0.15, -0.1) is 0 Å². The third-order valence-electron chi connectivity index (χ3n) is 2.48. The van der Waals surface area contributed by atoms with Crippen molar-refractivity contribution in [2.45, 2.75) is 45.4 Å². The van der Waals surface area contributed by atoms with Gasteiger partial charge in [0.25, 0.3) is 0 Å². The van der Waals surface area contributed by atoms with Crippen molar-refractivity contribution < 1.29 is 4.79 Å². The maximum atomic E-state index is 11.0. The van der Waals surface area contributed by atoms with Crippen LogP contribution in [-0.4, -0.2) is 5.78 Å². The molecule has 1 atom stereocenters. The highest BCUT2D eigenvalue weighted by atomic mass is 16.1. The average molecular weight is 166 g/mol. The van der Waals surface area contributed by atoms with Crippen molar-refractivity contribution >= 4 is 5.78 Å². The largest absolute Gasteiger partial charge is 0.295 e. The molecule has 68 valence electrons. The number of hydrogen-bond acceptors (Lipinski definition) is 1. The third kappa shape index (κ3) is 3.21. The van der Waals surface area contributed by atoms with Crippen LogP contribution in [-0.2, 0) is 4.79 Å². The Bertz CT molecular complexity index is 170. The average Bonchev–Trinajstić information content (AvgIpc) is 2.05. The summed E-state index contributed by atoms with van der Waals surface area (Å²) in [6, 6.07) is 0. The molecule has 0 aliphatic heterocycles. The summed E-state index contributed by atoms with van der Waals surface area (Å²) in [5, 5.41) is 0. The first-order chi connectivity index (χ1) is 5.83. The van der Waals surface area contributed by atoms with Gasteiger partial charge in [-0.25, -0.2) is 0 Å². The van der Waals surface area contributed by atoms with Crippen molar-refractivity contribution in [3.8, 4) is 0 Å². The maximum Gasteiger partial charge on any atom is 0.155 e. The van der Waals surface area contributed by atoms with E-state index in [0.717, 1.165) is 12.8 Å². The molecule has 0 fully saturated rings. The lowest BCUT2D eigenvalue weighted by Gasteiger charge is -2.15. The molecule has 0 heterocycles. The van der Waals surface area contributed by atoms with E-state index in [1.165, 1.54) is 25.7 Å². The molecule has 0 saturated carbocycles. The van der Waals surface area contributed by atoms with Gasteiger partial charge in [0.15, 0.2) is 5.78 Å². The van der Waals surface area contributed by atoms with Gasteiger partial charge < -0.3 is 0 Å². The van der Waals surface area contributed by atoms with Crippen molar-refractivity contribution in [2.75, 3.05) is 0 Å². The van der Waals surface area contributed by atoms with E-state index in [9.17, 15) is 4.79 Å². The Hall–Kier alpha value is -0.590. The Labute approximate surface area is 74.9 Å². The van der Waals surface area contributed by atoms with E-state index >= 15 is 0 Å². The van der Waals surface area contributed by atoms with Crippen LogP contribution in [0.3, 0.4) is 0 Å². The summed E-state index contributed by atoms with van der Waals surface area (Å²) in [6.07, 6.45) is 10.8. The molecule has 1 rings (SSSR count). The molecule has 0 bridgehead atoms. The zero-order valence-electron chi connectivity index (χ0n) is 7.88. The summed E-state index contributed by atoms with van der Waals surface area (Å²) in [7, 11) is 0. The fraction of sp³-hybridized carbons (Fsp3) is 0.727. The molecule has 0 N–H and O–H groups in total. The van der Waals surface area contributed by atoms with Crippen LogP contribution >= 0.6 is 0 Å². The summed E-state index contributed by atoms with van der Waals surface area (Å²) in [4.78, 5) is 11.0. The Kier molecular flexibility index (Phi) is 4.06. The molecule has 0 aromatic rings. The minimum atomic E-state index is 0.322. The monoisotopic (exact) mass is 166 g/mol. The third-order valence-corrected chi connectivity index (χ3v) is 2.48. The Morgan fingerprint density at radius 1 is 1.50 bits per heavy atom. The Morgan fingerprint density at radius 3 is 3.00 bits per heavy atom. The molecule has 1 nitrogen and oxygen atoms in total. The molecule has 1 heteroatoms. The predicted molar refractivity (Wildman–Crippen MR) is 51.0 cm³/mol. The van der Waals surface area contributed by atoms with E-state index in [4.69, 9.17) is 0 Å². The standard InChI is InChI=1S/C11H18O/c1-2-3-4-6-10-7-5-8-11(12)9-10/h5,8,10H,2-4,6-7,9H2,1H3/t10-/m0/s1. The highest BCUT2D eigenvalue weighted by Crippen LogP contribution is 2.21. The number of carbonyl (C=O) groups is 1. The van der Waals surface area contributed by atoms with E-state index in [1.807, 2.05) is 6.08 Å². The van der Waals surface area contributed by atoms with E-state index in [-0.39, 0.29) is 0 Å². The normalized spacial score (nSPS) is 23.1. The van der Waals surface area contributed by atoms with Crippen LogP contribution in [0.1, 0.15) is 45.4 Å². The number of hydrogen-bond donors (Lipinski definition) is 0. The van der Waals surface area contributed by atoms with E-state index in [2.05, 4.69) is 6.92 Å². The molecular weight excluding hydrogens is 148 g/mol. The lowest BCUT2D eigenvalue weighted by molar-refractivity contribution is -0.115. The van der Waals surface area contributed by atoms with Gasteiger partial charge >= 0.3 is 0 Å². The predicted octanol–water partition coefficient (Wildman–Crippen LogP) is 3.10. The lowest BCUT2D eigenvalue weighted by Crippen LogP contribution is -2.10. The first-order valence-electron chi connectivity index (χ1n) is 5.02. The minimum Gasteiger partial charge on any atom is -0.295 e. The molecule has 12 heavy (non-hydrogen) atoms. The molecular formula is C11H18O. The number of ketones is 1. The molecule has 1 aliphatic carbocycles. The number of unbranched alkanes of at least 4 members (excludes halogenated alkanes) is 2. The summed E-state index contributed by atoms with van der Waals surface area (Å²) in [5.74, 6) is 0.969. The summed E-state index contributed by atoms with van der Waals surface area (Å²) < 4.78 is 0. The van der Waals surface area contributed by atoms with Crippen molar-refractivity contribution in [1.29, 1.82) is 0 Å². The molecule has 0 unspecified atom stereocenters. The van der Waals surface area contributed by atoms with Gasteiger partial charge in [0.1, 0.15) is 0 Å². The van der Waals surface area contributed by atoms with Crippen LogP contribution in [0.2, 0.25) is 0 Å². The van der Waals surface area contributed by atoms with Gasteiger partial charge in [0.05, 0.1) is 0 Å². The van der Waals surface area contributed by atoms with Crippen LogP contribution in [0.4, 0.5) is 0 Å². The smallest absolute Gasteiger partial charge is 0.155 e. The number of rotatable bonds is 4. The van der Waals surface area contributed by atoms with E-state index in [0.29, 0.717) is 11.7 Å². The lowest BCUT2D eigenvalue weighted by atomic mass is 9.89. The maximum absolute atomic E-state index is 11.0. The summed E-state index contributed by atoms with van der Waals surface area (Å²) in [6.45, 7) is 2.21. The van der Waals surface area contributed by atoms with Gasteiger partial charge in [-0.1, -0.05) is 32.3 Å². The number of allylic oxidation sites excluding steroid dienone is 2. The molecule has 0 aromatic heterocycles. The SMILES string of the molecule is CCCCC[C@H]1CC=CC(=O)C1. The Morgan fingerprint density at radius 2 is 2.33 bits per heavy atom. The van der Waals surface area contributed by atoms with E-state index < -0.39 is 0 Å². The first-order valence-corrected chi connectivity index (χ1v) is 5.02. The van der Waals surface area contributed by atoms with Crippen molar-refractivity contribution in [3.05, 3.63) is 12.2 Å². The van der Waals surface area contributed by atoms with Gasteiger partial charge in [-0.3, -0.25) is 4.79 Å². The van der Waals surface area contributed by atoms with Gasteiger partial charge in [0.2, 0.25) is 0 Å². The zero-order valence-corrected chi connectivity index (χ0v) is 7.88. The fourth-order valence-corrected chi connectivity index (χ4v) is 1.73. The van der Waals surface area contributed by atoms with Crippen LogP contribution < -0.4 is 0 Å². The Balaban J connectivity index is 2.16. The van der Waals surface area contributed by atoms with E-state index in [1.54, 1.807) is 6.08 Å².